The molecule has 1 aromatic rings. The van der Waals surface area contributed by atoms with E-state index in [0.29, 0.717) is 22.3 Å². The van der Waals surface area contributed by atoms with Crippen molar-refractivity contribution in [1.29, 1.82) is 0 Å². The van der Waals surface area contributed by atoms with E-state index in [2.05, 4.69) is 0 Å². The zero-order chi connectivity index (χ0) is 13.1. The summed E-state index contributed by atoms with van der Waals surface area (Å²) in [4.78, 5) is 24.6. The normalized spacial score (nSPS) is 19.9. The topological polar surface area (TPSA) is 34.1 Å². The maximum absolute atomic E-state index is 12.3. The third kappa shape index (κ3) is 1.86. The Bertz CT molecular complexity index is 601. The van der Waals surface area contributed by atoms with Crippen LogP contribution in [-0.4, -0.2) is 11.6 Å². The SMILES string of the molecule is C/C=C/C=C1/C(=O)c2ccccc2C(=O)/C1=C/C. The molecule has 0 unspecified atom stereocenters. The Morgan fingerprint density at radius 1 is 0.889 bits per heavy atom. The van der Waals surface area contributed by atoms with Gasteiger partial charge in [0.15, 0.2) is 11.6 Å². The molecule has 90 valence electrons. The van der Waals surface area contributed by atoms with E-state index >= 15 is 0 Å². The predicted octanol–water partition coefficient (Wildman–Crippen LogP) is 3.51. The second-order valence-corrected chi connectivity index (χ2v) is 4.01. The van der Waals surface area contributed by atoms with Gasteiger partial charge in [0.2, 0.25) is 0 Å². The molecule has 0 radical (unpaired) electrons. The van der Waals surface area contributed by atoms with Crippen LogP contribution in [0.25, 0.3) is 0 Å². The Balaban J connectivity index is 2.68. The van der Waals surface area contributed by atoms with Crippen molar-refractivity contribution in [2.45, 2.75) is 13.8 Å². The van der Waals surface area contributed by atoms with E-state index < -0.39 is 0 Å². The van der Waals surface area contributed by atoms with E-state index in [1.807, 2.05) is 13.0 Å². The van der Waals surface area contributed by atoms with Gasteiger partial charge < -0.3 is 0 Å². The number of ketones is 2. The largest absolute Gasteiger partial charge is 0.289 e. The second-order valence-electron chi connectivity index (χ2n) is 4.01. The lowest BCUT2D eigenvalue weighted by Gasteiger charge is -2.18. The number of Topliss-reactive ketones (excluding diaryl/α,β-unsaturated/α-hetero) is 2. The first-order valence-electron chi connectivity index (χ1n) is 5.88. The molecule has 1 aromatic carbocycles. The number of carbonyl (C=O) groups excluding carboxylic acids is 2. The van der Waals surface area contributed by atoms with E-state index in [1.165, 1.54) is 0 Å². The van der Waals surface area contributed by atoms with Crippen LogP contribution in [0.2, 0.25) is 0 Å². The molecule has 0 saturated carbocycles. The highest BCUT2D eigenvalue weighted by molar-refractivity contribution is 6.31. The number of carbonyl (C=O) groups is 2. The summed E-state index contributed by atoms with van der Waals surface area (Å²) in [6, 6.07) is 6.95. The summed E-state index contributed by atoms with van der Waals surface area (Å²) >= 11 is 0. The average Bonchev–Trinajstić information content (AvgIpc) is 2.41. The first-order chi connectivity index (χ1) is 8.70. The third-order valence-electron chi connectivity index (χ3n) is 2.94. The average molecular weight is 238 g/mol. The van der Waals surface area contributed by atoms with Crippen LogP contribution in [0.5, 0.6) is 0 Å². The maximum atomic E-state index is 12.3. The highest BCUT2D eigenvalue weighted by Crippen LogP contribution is 2.29. The summed E-state index contributed by atoms with van der Waals surface area (Å²) in [5, 5.41) is 0. The second kappa shape index (κ2) is 4.96. The Morgan fingerprint density at radius 2 is 1.44 bits per heavy atom. The number of fused-ring (bicyclic) bond motifs is 1. The van der Waals surface area contributed by atoms with Crippen LogP contribution in [0.3, 0.4) is 0 Å². The molecule has 0 aliphatic heterocycles. The van der Waals surface area contributed by atoms with E-state index in [-0.39, 0.29) is 11.6 Å². The minimum absolute atomic E-state index is 0.0801. The molecule has 0 spiro atoms. The molecule has 0 bridgehead atoms. The van der Waals surface area contributed by atoms with E-state index in [9.17, 15) is 9.59 Å². The van der Waals surface area contributed by atoms with Crippen molar-refractivity contribution >= 4 is 11.6 Å². The van der Waals surface area contributed by atoms with Gasteiger partial charge in [-0.3, -0.25) is 9.59 Å². The third-order valence-corrected chi connectivity index (χ3v) is 2.94. The van der Waals surface area contributed by atoms with Gasteiger partial charge in [-0.15, -0.1) is 0 Å². The molecule has 0 amide bonds. The first kappa shape index (κ1) is 12.2. The Morgan fingerprint density at radius 3 is 1.94 bits per heavy atom. The van der Waals surface area contributed by atoms with Crippen molar-refractivity contribution in [3.05, 3.63) is 70.8 Å². The van der Waals surface area contributed by atoms with Crippen molar-refractivity contribution in [2.75, 3.05) is 0 Å². The van der Waals surface area contributed by atoms with Gasteiger partial charge in [-0.05, 0) is 13.8 Å². The van der Waals surface area contributed by atoms with Gasteiger partial charge in [-0.2, -0.15) is 0 Å². The number of rotatable bonds is 1. The zero-order valence-electron chi connectivity index (χ0n) is 10.4. The van der Waals surface area contributed by atoms with Crippen molar-refractivity contribution < 1.29 is 9.59 Å². The number of hydrogen-bond donors (Lipinski definition) is 0. The fourth-order valence-electron chi connectivity index (χ4n) is 2.06. The van der Waals surface area contributed by atoms with Crippen molar-refractivity contribution in [2.24, 2.45) is 0 Å². The predicted molar refractivity (Wildman–Crippen MR) is 71.8 cm³/mol. The zero-order valence-corrected chi connectivity index (χ0v) is 10.4. The molecule has 2 nitrogen and oxygen atoms in total. The standard InChI is InChI=1S/C16H14O2/c1-3-5-8-12-11(4-2)15(17)13-9-6-7-10-14(13)16(12)18/h3-10H,1-2H3/b5-3+,11-4+,12-8+. The lowest BCUT2D eigenvalue weighted by Crippen LogP contribution is -2.22. The van der Waals surface area contributed by atoms with Gasteiger partial charge in [0.25, 0.3) is 0 Å². The van der Waals surface area contributed by atoms with Crippen LogP contribution in [-0.2, 0) is 0 Å². The molecular weight excluding hydrogens is 224 g/mol. The summed E-state index contributed by atoms with van der Waals surface area (Å²) < 4.78 is 0. The molecule has 1 aliphatic carbocycles. The van der Waals surface area contributed by atoms with E-state index in [1.54, 1.807) is 49.4 Å². The molecule has 2 heteroatoms. The van der Waals surface area contributed by atoms with Crippen LogP contribution in [0.4, 0.5) is 0 Å². The number of hydrogen-bond acceptors (Lipinski definition) is 2. The smallest absolute Gasteiger partial charge is 0.194 e. The Kier molecular flexibility index (Phi) is 3.38. The van der Waals surface area contributed by atoms with Crippen LogP contribution in [0.1, 0.15) is 34.6 Å². The lowest BCUT2D eigenvalue weighted by molar-refractivity contribution is 0.0972. The van der Waals surface area contributed by atoms with E-state index in [4.69, 9.17) is 0 Å². The van der Waals surface area contributed by atoms with Gasteiger partial charge in [0, 0.05) is 22.3 Å². The van der Waals surface area contributed by atoms with Gasteiger partial charge in [-0.25, -0.2) is 0 Å². The molecule has 0 N–H and O–H groups in total. The van der Waals surface area contributed by atoms with Crippen LogP contribution in [0, 0.1) is 0 Å². The van der Waals surface area contributed by atoms with Gasteiger partial charge in [-0.1, -0.05) is 48.6 Å². The summed E-state index contributed by atoms with van der Waals surface area (Å²) in [6.07, 6.45) is 7.01. The van der Waals surface area contributed by atoms with Crippen LogP contribution in [0.15, 0.2) is 59.7 Å². The maximum Gasteiger partial charge on any atom is 0.194 e. The fourth-order valence-corrected chi connectivity index (χ4v) is 2.06. The Hall–Kier alpha value is -2.22. The minimum Gasteiger partial charge on any atom is -0.289 e. The summed E-state index contributed by atoms with van der Waals surface area (Å²) in [6.45, 7) is 3.65. The van der Waals surface area contributed by atoms with Gasteiger partial charge in [0.1, 0.15) is 0 Å². The fraction of sp³-hybridized carbons (Fsp3) is 0.125. The highest BCUT2D eigenvalue weighted by atomic mass is 16.1. The van der Waals surface area contributed by atoms with Gasteiger partial charge in [0.05, 0.1) is 0 Å². The summed E-state index contributed by atoms with van der Waals surface area (Å²) in [5.74, 6) is -0.167. The number of allylic oxidation sites excluding steroid dienone is 6. The van der Waals surface area contributed by atoms with Crippen LogP contribution >= 0.6 is 0 Å². The molecule has 0 heterocycles. The molecule has 0 aromatic heterocycles. The summed E-state index contributed by atoms with van der Waals surface area (Å²) in [7, 11) is 0. The molecule has 2 rings (SSSR count). The highest BCUT2D eigenvalue weighted by Gasteiger charge is 2.30. The molecular formula is C16H14O2. The quantitative estimate of drug-likeness (QED) is 0.701. The van der Waals surface area contributed by atoms with Crippen molar-refractivity contribution in [3.63, 3.8) is 0 Å². The monoisotopic (exact) mass is 238 g/mol. The molecule has 18 heavy (non-hydrogen) atoms. The molecule has 0 atom stereocenters. The molecule has 0 saturated heterocycles. The van der Waals surface area contributed by atoms with Crippen molar-refractivity contribution in [1.82, 2.24) is 0 Å². The lowest BCUT2D eigenvalue weighted by atomic mass is 9.82. The molecule has 1 aliphatic rings. The van der Waals surface area contributed by atoms with Gasteiger partial charge >= 0.3 is 0 Å². The van der Waals surface area contributed by atoms with E-state index in [0.717, 1.165) is 0 Å². The van der Waals surface area contributed by atoms with Crippen LogP contribution < -0.4 is 0 Å². The minimum atomic E-state index is -0.0867. The number of benzene rings is 1. The first-order valence-corrected chi connectivity index (χ1v) is 5.88. The Labute approximate surface area is 106 Å². The summed E-state index contributed by atoms with van der Waals surface area (Å²) in [5.41, 5.74) is 1.94. The molecule has 0 fully saturated rings. The van der Waals surface area contributed by atoms with Crippen molar-refractivity contribution in [3.8, 4) is 0 Å².